The van der Waals surface area contributed by atoms with Gasteiger partial charge in [-0.3, -0.25) is 0 Å². The van der Waals surface area contributed by atoms with Crippen LogP contribution in [-0.4, -0.2) is 24.8 Å². The second-order valence-electron chi connectivity index (χ2n) is 5.43. The molecular weight excluding hydrogens is 318 g/mol. The molecule has 0 saturated heterocycles. The monoisotopic (exact) mass is 336 g/mol. The molecule has 5 nitrogen and oxygen atoms in total. The SMILES string of the molecule is COc1ccc(F)cc1NC(=O)NCC(C)(O)c1ccc(F)cc1. The fourth-order valence-corrected chi connectivity index (χ4v) is 2.11. The highest BCUT2D eigenvalue weighted by Crippen LogP contribution is 2.25. The van der Waals surface area contributed by atoms with Gasteiger partial charge in [-0.05, 0) is 36.8 Å². The molecule has 1 unspecified atom stereocenters. The van der Waals surface area contributed by atoms with Crippen LogP contribution in [0.4, 0.5) is 19.3 Å². The van der Waals surface area contributed by atoms with Gasteiger partial charge in [0.15, 0.2) is 0 Å². The molecule has 0 heterocycles. The van der Waals surface area contributed by atoms with Gasteiger partial charge >= 0.3 is 6.03 Å². The van der Waals surface area contributed by atoms with Gasteiger partial charge in [-0.2, -0.15) is 0 Å². The normalized spacial score (nSPS) is 13.0. The molecular formula is C17H18F2N2O3. The number of urea groups is 1. The quantitative estimate of drug-likeness (QED) is 0.786. The zero-order chi connectivity index (χ0) is 17.7. The Morgan fingerprint density at radius 1 is 1.17 bits per heavy atom. The first-order chi connectivity index (χ1) is 11.3. The Hall–Kier alpha value is -2.67. The highest BCUT2D eigenvalue weighted by Gasteiger charge is 2.24. The summed E-state index contributed by atoms with van der Waals surface area (Å²) in [6, 6.07) is 8.40. The van der Waals surface area contributed by atoms with E-state index in [1.807, 2.05) is 0 Å². The summed E-state index contributed by atoms with van der Waals surface area (Å²) in [6.07, 6.45) is 0. The molecule has 1 atom stereocenters. The number of benzene rings is 2. The topological polar surface area (TPSA) is 70.6 Å². The molecule has 7 heteroatoms. The van der Waals surface area contributed by atoms with E-state index in [0.717, 1.165) is 6.07 Å². The molecule has 0 fully saturated rings. The Balaban J connectivity index is 2.00. The van der Waals surface area contributed by atoms with Crippen LogP contribution in [0.2, 0.25) is 0 Å². The Bertz CT molecular complexity index is 718. The first-order valence-electron chi connectivity index (χ1n) is 7.18. The largest absolute Gasteiger partial charge is 0.495 e. The third kappa shape index (κ3) is 4.42. The summed E-state index contributed by atoms with van der Waals surface area (Å²) < 4.78 is 31.2. The standard InChI is InChI=1S/C17H18F2N2O3/c1-17(23,11-3-5-12(18)6-4-11)10-20-16(22)21-14-9-13(19)7-8-15(14)24-2/h3-9,23H,10H2,1-2H3,(H2,20,21,22). The molecule has 0 aliphatic carbocycles. The average molecular weight is 336 g/mol. The zero-order valence-corrected chi connectivity index (χ0v) is 13.3. The highest BCUT2D eigenvalue weighted by molar-refractivity contribution is 5.90. The minimum atomic E-state index is -1.39. The van der Waals surface area contributed by atoms with Crippen LogP contribution in [0.25, 0.3) is 0 Å². The number of carbonyl (C=O) groups is 1. The van der Waals surface area contributed by atoms with Gasteiger partial charge in [-0.15, -0.1) is 0 Å². The molecule has 24 heavy (non-hydrogen) atoms. The Morgan fingerprint density at radius 2 is 1.79 bits per heavy atom. The number of hydrogen-bond acceptors (Lipinski definition) is 3. The number of hydrogen-bond donors (Lipinski definition) is 3. The van der Waals surface area contributed by atoms with E-state index >= 15 is 0 Å². The van der Waals surface area contributed by atoms with E-state index in [2.05, 4.69) is 10.6 Å². The summed E-state index contributed by atoms with van der Waals surface area (Å²) in [4.78, 5) is 12.0. The van der Waals surface area contributed by atoms with Crippen molar-refractivity contribution in [2.45, 2.75) is 12.5 Å². The summed E-state index contributed by atoms with van der Waals surface area (Å²) in [7, 11) is 1.40. The van der Waals surface area contributed by atoms with E-state index in [4.69, 9.17) is 4.74 Å². The molecule has 128 valence electrons. The number of nitrogens with one attached hydrogen (secondary N) is 2. The van der Waals surface area contributed by atoms with Crippen LogP contribution in [0.1, 0.15) is 12.5 Å². The van der Waals surface area contributed by atoms with Crippen LogP contribution in [0, 0.1) is 11.6 Å². The fraction of sp³-hybridized carbons (Fsp3) is 0.235. The van der Waals surface area contributed by atoms with Crippen molar-refractivity contribution in [2.75, 3.05) is 19.0 Å². The van der Waals surface area contributed by atoms with Gasteiger partial charge in [0.25, 0.3) is 0 Å². The number of methoxy groups -OCH3 is 1. The predicted molar refractivity (Wildman–Crippen MR) is 85.9 cm³/mol. The van der Waals surface area contributed by atoms with Gasteiger partial charge < -0.3 is 20.5 Å². The maximum Gasteiger partial charge on any atom is 0.319 e. The van der Waals surface area contributed by atoms with Crippen LogP contribution in [0.15, 0.2) is 42.5 Å². The van der Waals surface area contributed by atoms with Crippen LogP contribution >= 0.6 is 0 Å². The average Bonchev–Trinajstić information content (AvgIpc) is 2.54. The van der Waals surface area contributed by atoms with Crippen molar-refractivity contribution >= 4 is 11.7 Å². The molecule has 0 aromatic heterocycles. The number of anilines is 1. The fourth-order valence-electron chi connectivity index (χ4n) is 2.11. The Morgan fingerprint density at radius 3 is 2.42 bits per heavy atom. The predicted octanol–water partition coefficient (Wildman–Crippen LogP) is 3.00. The van der Waals surface area contributed by atoms with E-state index in [-0.39, 0.29) is 12.2 Å². The van der Waals surface area contributed by atoms with Crippen molar-refractivity contribution < 1.29 is 23.4 Å². The molecule has 2 aromatic rings. The molecule has 0 spiro atoms. The van der Waals surface area contributed by atoms with Gasteiger partial charge in [0.05, 0.1) is 19.3 Å². The lowest BCUT2D eigenvalue weighted by Crippen LogP contribution is -2.40. The van der Waals surface area contributed by atoms with Crippen molar-refractivity contribution in [1.29, 1.82) is 0 Å². The molecule has 2 amide bonds. The van der Waals surface area contributed by atoms with Crippen LogP contribution < -0.4 is 15.4 Å². The minimum absolute atomic E-state index is 0.123. The highest BCUT2D eigenvalue weighted by atomic mass is 19.1. The lowest BCUT2D eigenvalue weighted by molar-refractivity contribution is 0.0599. The number of carbonyl (C=O) groups excluding carboxylic acids is 1. The smallest absolute Gasteiger partial charge is 0.319 e. The van der Waals surface area contributed by atoms with Gasteiger partial charge in [-0.25, -0.2) is 13.6 Å². The second-order valence-corrected chi connectivity index (χ2v) is 5.43. The Kier molecular flexibility index (Phi) is 5.35. The third-order valence-corrected chi connectivity index (χ3v) is 3.47. The van der Waals surface area contributed by atoms with Crippen molar-refractivity contribution in [2.24, 2.45) is 0 Å². The number of ether oxygens (including phenoxy) is 1. The van der Waals surface area contributed by atoms with E-state index in [1.54, 1.807) is 0 Å². The second kappa shape index (κ2) is 7.27. The van der Waals surface area contributed by atoms with E-state index < -0.39 is 23.3 Å². The minimum Gasteiger partial charge on any atom is -0.495 e. The lowest BCUT2D eigenvalue weighted by atomic mass is 9.96. The third-order valence-electron chi connectivity index (χ3n) is 3.47. The molecule has 2 aromatic carbocycles. The number of halogens is 2. The van der Waals surface area contributed by atoms with Gasteiger partial charge in [0.1, 0.15) is 23.0 Å². The molecule has 0 aliphatic heterocycles. The maximum absolute atomic E-state index is 13.3. The molecule has 2 rings (SSSR count). The molecule has 0 bridgehead atoms. The van der Waals surface area contributed by atoms with Crippen molar-refractivity contribution in [3.05, 3.63) is 59.7 Å². The summed E-state index contributed by atoms with van der Waals surface area (Å²) in [5.41, 5.74) is -0.777. The number of amides is 2. The Labute approximate surface area is 138 Å². The number of rotatable bonds is 5. The van der Waals surface area contributed by atoms with Crippen LogP contribution in [-0.2, 0) is 5.60 Å². The zero-order valence-electron chi connectivity index (χ0n) is 13.3. The van der Waals surface area contributed by atoms with E-state index in [0.29, 0.717) is 11.3 Å². The van der Waals surface area contributed by atoms with E-state index in [9.17, 15) is 18.7 Å². The summed E-state index contributed by atoms with van der Waals surface area (Å²) in [5, 5.41) is 15.3. The molecule has 0 aliphatic rings. The lowest BCUT2D eigenvalue weighted by Gasteiger charge is -2.24. The summed E-state index contributed by atoms with van der Waals surface area (Å²) >= 11 is 0. The molecule has 3 N–H and O–H groups in total. The van der Waals surface area contributed by atoms with Crippen LogP contribution in [0.5, 0.6) is 5.75 Å². The van der Waals surface area contributed by atoms with E-state index in [1.165, 1.54) is 50.4 Å². The number of aliphatic hydroxyl groups is 1. The van der Waals surface area contributed by atoms with Gasteiger partial charge in [0.2, 0.25) is 0 Å². The first kappa shape index (κ1) is 17.7. The first-order valence-corrected chi connectivity index (χ1v) is 7.18. The van der Waals surface area contributed by atoms with Gasteiger partial charge in [0, 0.05) is 6.07 Å². The summed E-state index contributed by atoms with van der Waals surface area (Å²) in [6.45, 7) is 1.37. The summed E-state index contributed by atoms with van der Waals surface area (Å²) in [5.74, 6) is -0.639. The van der Waals surface area contributed by atoms with Crippen LogP contribution in [0.3, 0.4) is 0 Å². The van der Waals surface area contributed by atoms with Crippen molar-refractivity contribution in [3.63, 3.8) is 0 Å². The molecule has 0 saturated carbocycles. The van der Waals surface area contributed by atoms with Crippen molar-refractivity contribution in [3.8, 4) is 5.75 Å². The van der Waals surface area contributed by atoms with Crippen molar-refractivity contribution in [1.82, 2.24) is 5.32 Å². The van der Waals surface area contributed by atoms with Gasteiger partial charge in [-0.1, -0.05) is 12.1 Å². The molecule has 0 radical (unpaired) electrons. The maximum atomic E-state index is 13.3.